The van der Waals surface area contributed by atoms with Crippen molar-refractivity contribution in [2.45, 2.75) is 90.5 Å². The van der Waals surface area contributed by atoms with Gasteiger partial charge in [-0.25, -0.2) is 0 Å². The molecule has 0 amide bonds. The number of fused-ring (bicyclic) bond motifs is 1. The predicted molar refractivity (Wildman–Crippen MR) is 120 cm³/mol. The van der Waals surface area contributed by atoms with Crippen LogP contribution < -0.4 is 0 Å². The second kappa shape index (κ2) is 11.1. The van der Waals surface area contributed by atoms with E-state index in [1.807, 2.05) is 30.4 Å². The number of aromatic hydroxyl groups is 1. The van der Waals surface area contributed by atoms with E-state index in [1.165, 1.54) is 57.8 Å². The monoisotopic (exact) mass is 394 g/mol. The number of azo groups is 1. The van der Waals surface area contributed by atoms with Crippen LogP contribution in [0.5, 0.6) is 5.75 Å². The van der Waals surface area contributed by atoms with Crippen LogP contribution in [0, 0.1) is 6.92 Å². The zero-order valence-electron chi connectivity index (χ0n) is 18.1. The van der Waals surface area contributed by atoms with Gasteiger partial charge >= 0.3 is 5.69 Å². The molecule has 0 saturated carbocycles. The van der Waals surface area contributed by atoms with Crippen molar-refractivity contribution >= 4 is 11.4 Å². The Morgan fingerprint density at radius 2 is 1.62 bits per heavy atom. The number of phenolic OH excluding ortho intramolecular Hbond substituents is 1. The van der Waals surface area contributed by atoms with Gasteiger partial charge in [0.05, 0.1) is 4.81 Å². The van der Waals surface area contributed by atoms with E-state index < -0.39 is 0 Å². The van der Waals surface area contributed by atoms with Crippen molar-refractivity contribution in [1.82, 2.24) is 0 Å². The Morgan fingerprint density at radius 3 is 2.31 bits per heavy atom. The lowest BCUT2D eigenvalue weighted by molar-refractivity contribution is -0.513. The van der Waals surface area contributed by atoms with Crippen molar-refractivity contribution in [3.63, 3.8) is 0 Å². The Labute approximate surface area is 175 Å². The van der Waals surface area contributed by atoms with E-state index in [2.05, 4.69) is 30.1 Å². The lowest BCUT2D eigenvalue weighted by Gasteiger charge is -2.07. The predicted octanol–water partition coefficient (Wildman–Crippen LogP) is 7.12. The summed E-state index contributed by atoms with van der Waals surface area (Å²) in [6.07, 6.45) is 22.1. The topological polar surface area (TPSA) is 48.0 Å². The number of phenols is 1. The second-order valence-electron chi connectivity index (χ2n) is 8.34. The van der Waals surface area contributed by atoms with E-state index in [9.17, 15) is 5.11 Å². The summed E-state index contributed by atoms with van der Waals surface area (Å²) in [7, 11) is 0. The Balaban J connectivity index is 1.48. The Bertz CT molecular complexity index is 805. The first-order chi connectivity index (χ1) is 14.2. The number of nitrogens with zero attached hydrogens (tertiary/aromatic N) is 3. The van der Waals surface area contributed by atoms with Gasteiger partial charge in [0, 0.05) is 21.8 Å². The molecule has 0 aromatic heterocycles. The van der Waals surface area contributed by atoms with Crippen LogP contribution in [0.4, 0.5) is 5.69 Å². The lowest BCUT2D eigenvalue weighted by atomic mass is 10.0. The maximum atomic E-state index is 10.8. The number of rotatable bonds is 12. The molecule has 4 nitrogen and oxygen atoms in total. The summed E-state index contributed by atoms with van der Waals surface area (Å²) >= 11 is 0. The second-order valence-corrected chi connectivity index (χ2v) is 8.34. The number of hydrazone groups is 1. The Kier molecular flexibility index (Phi) is 8.21. The van der Waals surface area contributed by atoms with Crippen molar-refractivity contribution in [1.29, 1.82) is 0 Å². The van der Waals surface area contributed by atoms with Crippen LogP contribution in [0.1, 0.15) is 82.3 Å². The summed E-state index contributed by atoms with van der Waals surface area (Å²) in [4.78, 5) is 1.60. The van der Waals surface area contributed by atoms with Gasteiger partial charge in [0.2, 0.25) is 0 Å². The van der Waals surface area contributed by atoms with Crippen LogP contribution >= 0.6 is 0 Å². The van der Waals surface area contributed by atoms with Gasteiger partial charge in [-0.05, 0) is 37.5 Å². The highest BCUT2D eigenvalue weighted by atomic mass is 16.3. The van der Waals surface area contributed by atoms with Gasteiger partial charge < -0.3 is 5.11 Å². The molecule has 1 N–H and O–H groups in total. The molecule has 0 bridgehead atoms. The number of benzene rings is 1. The van der Waals surface area contributed by atoms with Gasteiger partial charge in [-0.1, -0.05) is 82.9 Å². The molecule has 4 heteroatoms. The van der Waals surface area contributed by atoms with E-state index in [-0.39, 0.29) is 6.04 Å². The highest BCUT2D eigenvalue weighted by Crippen LogP contribution is 2.35. The Morgan fingerprint density at radius 1 is 0.931 bits per heavy atom. The van der Waals surface area contributed by atoms with Crippen molar-refractivity contribution in [2.24, 2.45) is 10.2 Å². The summed E-state index contributed by atoms with van der Waals surface area (Å²) in [5.74, 6) is 0.325. The summed E-state index contributed by atoms with van der Waals surface area (Å²) in [6.45, 7) is 4.34. The summed E-state index contributed by atoms with van der Waals surface area (Å²) in [6, 6.07) is 4.03. The quantitative estimate of drug-likeness (QED) is 0.297. The minimum atomic E-state index is -0.0367. The largest absolute Gasteiger partial charge is 0.502 e. The molecule has 1 unspecified atom stereocenters. The SMILES string of the molecule is CCCCCCCCCCCCc1cc(C)cc([N+]2=NC3C=CC=CC3=N2)c1O. The molecule has 1 aromatic rings. The first-order valence-electron chi connectivity index (χ1n) is 11.5. The van der Waals surface area contributed by atoms with Crippen molar-refractivity contribution in [3.8, 4) is 5.75 Å². The third kappa shape index (κ3) is 6.12. The lowest BCUT2D eigenvalue weighted by Crippen LogP contribution is -2.11. The van der Waals surface area contributed by atoms with Gasteiger partial charge in [-0.15, -0.1) is 0 Å². The highest BCUT2D eigenvalue weighted by Gasteiger charge is 2.31. The van der Waals surface area contributed by atoms with Crippen LogP contribution in [-0.4, -0.2) is 21.7 Å². The fraction of sp³-hybridized carbons (Fsp3) is 0.560. The molecule has 1 aliphatic heterocycles. The van der Waals surface area contributed by atoms with Gasteiger partial charge in [0.25, 0.3) is 0 Å². The number of unbranched alkanes of at least 4 members (excludes halogenated alkanes) is 9. The smallest absolute Gasteiger partial charge is 0.309 e. The third-order valence-electron chi connectivity index (χ3n) is 5.75. The van der Waals surface area contributed by atoms with Crippen LogP contribution in [0.3, 0.4) is 0 Å². The van der Waals surface area contributed by atoms with E-state index in [0.717, 1.165) is 29.7 Å². The number of hydrogen-bond acceptors (Lipinski definition) is 3. The summed E-state index contributed by atoms with van der Waals surface area (Å²) < 4.78 is 0. The molecule has 0 spiro atoms. The molecule has 0 saturated heterocycles. The zero-order chi connectivity index (χ0) is 20.5. The molecule has 1 aliphatic carbocycles. The normalized spacial score (nSPS) is 17.4. The van der Waals surface area contributed by atoms with Crippen molar-refractivity contribution in [3.05, 3.63) is 47.6 Å². The van der Waals surface area contributed by atoms with Crippen LogP contribution in [0.25, 0.3) is 0 Å². The van der Waals surface area contributed by atoms with Crippen LogP contribution in [-0.2, 0) is 6.42 Å². The Hall–Kier alpha value is -2.23. The van der Waals surface area contributed by atoms with Crippen molar-refractivity contribution < 1.29 is 9.91 Å². The van der Waals surface area contributed by atoms with Gasteiger partial charge in [0.15, 0.2) is 11.8 Å². The highest BCUT2D eigenvalue weighted by molar-refractivity contribution is 6.01. The molecule has 29 heavy (non-hydrogen) atoms. The van der Waals surface area contributed by atoms with Crippen LogP contribution in [0.2, 0.25) is 0 Å². The average molecular weight is 395 g/mol. The fourth-order valence-corrected chi connectivity index (χ4v) is 4.06. The molecule has 3 rings (SSSR count). The standard InChI is InChI=1S/C25H35N3O/c1-3-4-5-6-7-8-9-10-11-12-15-21-18-20(2)19-24(25(21)29)28-26-22-16-13-14-17-23(22)27-28/h13-14,16-19,22H,3-12,15H2,1-2H3/p+1. The maximum absolute atomic E-state index is 10.8. The first-order valence-corrected chi connectivity index (χ1v) is 11.5. The minimum Gasteiger partial charge on any atom is -0.502 e. The van der Waals surface area contributed by atoms with Gasteiger partial charge in [-0.2, -0.15) is 0 Å². The molecular weight excluding hydrogens is 358 g/mol. The van der Waals surface area contributed by atoms with Gasteiger partial charge in [-0.3, -0.25) is 0 Å². The zero-order valence-corrected chi connectivity index (χ0v) is 18.1. The first kappa shape index (κ1) is 21.5. The van der Waals surface area contributed by atoms with Gasteiger partial charge in [0.1, 0.15) is 5.71 Å². The van der Waals surface area contributed by atoms with E-state index >= 15 is 0 Å². The van der Waals surface area contributed by atoms with E-state index in [4.69, 9.17) is 0 Å². The maximum Gasteiger partial charge on any atom is 0.309 e. The third-order valence-corrected chi connectivity index (χ3v) is 5.75. The minimum absolute atomic E-state index is 0.0367. The number of aryl methyl sites for hydroxylation is 2. The number of hydrogen-bond donors (Lipinski definition) is 1. The van der Waals surface area contributed by atoms with Crippen molar-refractivity contribution in [2.75, 3.05) is 0 Å². The fourth-order valence-electron chi connectivity index (χ4n) is 4.06. The van der Waals surface area contributed by atoms with Crippen LogP contribution in [0.15, 0.2) is 46.7 Å². The number of allylic oxidation sites excluding steroid dienone is 2. The average Bonchev–Trinajstić information content (AvgIpc) is 3.15. The molecular formula is C25H36N3O+. The molecule has 156 valence electrons. The van der Waals surface area contributed by atoms with E-state index in [1.54, 1.807) is 4.81 Å². The molecule has 2 aliphatic rings. The molecule has 1 atom stereocenters. The summed E-state index contributed by atoms with van der Waals surface area (Å²) in [5, 5.41) is 20.0. The molecule has 0 radical (unpaired) electrons. The summed E-state index contributed by atoms with van der Waals surface area (Å²) in [5.41, 5.74) is 3.76. The van der Waals surface area contributed by atoms with E-state index in [0.29, 0.717) is 11.4 Å². The molecule has 1 aromatic carbocycles. The molecule has 0 fully saturated rings. The molecule has 1 heterocycles.